The van der Waals surface area contributed by atoms with Gasteiger partial charge in [0.25, 0.3) is 11.6 Å². The smallest absolute Gasteiger partial charge is 0.283 e. The zero-order chi connectivity index (χ0) is 17.0. The zero-order valence-electron chi connectivity index (χ0n) is 12.7. The van der Waals surface area contributed by atoms with Crippen LogP contribution in [0.3, 0.4) is 0 Å². The summed E-state index contributed by atoms with van der Waals surface area (Å²) in [4.78, 5) is 24.9. The molecule has 2 aromatic carbocycles. The van der Waals surface area contributed by atoms with E-state index < -0.39 is 10.8 Å². The van der Waals surface area contributed by atoms with Gasteiger partial charge in [-0.2, -0.15) is 0 Å². The summed E-state index contributed by atoms with van der Waals surface area (Å²) >= 11 is 5.77. The number of nitro groups is 1. The van der Waals surface area contributed by atoms with Gasteiger partial charge in [0.2, 0.25) is 0 Å². The molecule has 0 aliphatic carbocycles. The first-order valence-electron chi connectivity index (χ1n) is 6.86. The van der Waals surface area contributed by atoms with E-state index in [2.05, 4.69) is 5.32 Å². The van der Waals surface area contributed by atoms with Gasteiger partial charge in [0.05, 0.1) is 4.92 Å². The number of anilines is 1. The van der Waals surface area contributed by atoms with E-state index in [1.165, 1.54) is 18.2 Å². The largest absolute Gasteiger partial charge is 0.321 e. The average molecular weight is 334 g/mol. The SMILES string of the molecule is CN(C)Cc1ccccc1NC(=O)c1ccc(Cl)cc1[N+](=O)[O-]. The fraction of sp³-hybridized carbons (Fsp3) is 0.188. The Bertz CT molecular complexity index is 747. The highest BCUT2D eigenvalue weighted by Gasteiger charge is 2.21. The number of carbonyl (C=O) groups excluding carboxylic acids is 1. The molecule has 2 rings (SSSR count). The maximum Gasteiger partial charge on any atom is 0.283 e. The van der Waals surface area contributed by atoms with Gasteiger partial charge >= 0.3 is 0 Å². The van der Waals surface area contributed by atoms with Crippen LogP contribution in [0.2, 0.25) is 5.02 Å². The van der Waals surface area contributed by atoms with E-state index in [1.807, 2.05) is 31.1 Å². The second kappa shape index (κ2) is 7.21. The summed E-state index contributed by atoms with van der Waals surface area (Å²) in [5.41, 5.74) is 1.19. The van der Waals surface area contributed by atoms with Gasteiger partial charge in [0.15, 0.2) is 0 Å². The number of carbonyl (C=O) groups is 1. The van der Waals surface area contributed by atoms with E-state index in [1.54, 1.807) is 12.1 Å². The Morgan fingerprint density at radius 2 is 1.96 bits per heavy atom. The van der Waals surface area contributed by atoms with Crippen molar-refractivity contribution < 1.29 is 9.72 Å². The summed E-state index contributed by atoms with van der Waals surface area (Å²) in [7, 11) is 3.84. The van der Waals surface area contributed by atoms with Crippen molar-refractivity contribution in [1.29, 1.82) is 0 Å². The van der Waals surface area contributed by atoms with Crippen molar-refractivity contribution >= 4 is 28.9 Å². The number of nitrogens with one attached hydrogen (secondary N) is 1. The average Bonchev–Trinajstić information content (AvgIpc) is 2.48. The number of amides is 1. The molecule has 23 heavy (non-hydrogen) atoms. The van der Waals surface area contributed by atoms with Gasteiger partial charge in [0.1, 0.15) is 5.56 Å². The predicted molar refractivity (Wildman–Crippen MR) is 89.9 cm³/mol. The first-order chi connectivity index (χ1) is 10.9. The van der Waals surface area contributed by atoms with Gasteiger partial charge in [-0.25, -0.2) is 0 Å². The standard InChI is InChI=1S/C16H16ClN3O3/c1-19(2)10-11-5-3-4-6-14(11)18-16(21)13-8-7-12(17)9-15(13)20(22)23/h3-9H,10H2,1-2H3,(H,18,21). The molecule has 0 spiro atoms. The molecule has 0 saturated heterocycles. The van der Waals surface area contributed by atoms with Crippen LogP contribution in [0.5, 0.6) is 0 Å². The number of hydrogen-bond acceptors (Lipinski definition) is 4. The molecule has 1 N–H and O–H groups in total. The van der Waals surface area contributed by atoms with Gasteiger partial charge < -0.3 is 10.2 Å². The van der Waals surface area contributed by atoms with Crippen LogP contribution in [-0.4, -0.2) is 29.8 Å². The molecule has 2 aromatic rings. The number of halogens is 1. The number of rotatable bonds is 5. The first-order valence-corrected chi connectivity index (χ1v) is 7.24. The number of para-hydroxylation sites is 1. The van der Waals surface area contributed by atoms with Crippen LogP contribution in [0, 0.1) is 10.1 Å². The Balaban J connectivity index is 2.32. The van der Waals surface area contributed by atoms with Gasteiger partial charge in [-0.3, -0.25) is 14.9 Å². The monoisotopic (exact) mass is 333 g/mol. The first kappa shape index (κ1) is 16.9. The molecule has 0 heterocycles. The van der Waals surface area contributed by atoms with Crippen LogP contribution in [0.15, 0.2) is 42.5 Å². The van der Waals surface area contributed by atoms with Gasteiger partial charge in [-0.15, -0.1) is 0 Å². The summed E-state index contributed by atoms with van der Waals surface area (Å²) < 4.78 is 0. The normalized spacial score (nSPS) is 10.6. The zero-order valence-corrected chi connectivity index (χ0v) is 13.5. The number of benzene rings is 2. The van der Waals surface area contributed by atoms with Crippen molar-refractivity contribution in [2.24, 2.45) is 0 Å². The highest BCUT2D eigenvalue weighted by Crippen LogP contribution is 2.25. The highest BCUT2D eigenvalue weighted by molar-refractivity contribution is 6.31. The second-order valence-corrected chi connectivity index (χ2v) is 5.70. The van der Waals surface area contributed by atoms with Crippen molar-refractivity contribution in [3.63, 3.8) is 0 Å². The van der Waals surface area contributed by atoms with Crippen LogP contribution in [0.25, 0.3) is 0 Å². The Morgan fingerprint density at radius 3 is 2.61 bits per heavy atom. The Hall–Kier alpha value is -2.44. The van der Waals surface area contributed by atoms with Crippen molar-refractivity contribution in [3.8, 4) is 0 Å². The molecule has 0 atom stereocenters. The molecule has 0 saturated carbocycles. The minimum atomic E-state index is -0.619. The quantitative estimate of drug-likeness (QED) is 0.670. The lowest BCUT2D eigenvalue weighted by molar-refractivity contribution is -0.385. The molecule has 0 aliphatic rings. The minimum absolute atomic E-state index is 0.0287. The molecule has 120 valence electrons. The van der Waals surface area contributed by atoms with E-state index >= 15 is 0 Å². The molecule has 0 fully saturated rings. The van der Waals surface area contributed by atoms with E-state index in [-0.39, 0.29) is 16.3 Å². The van der Waals surface area contributed by atoms with Crippen molar-refractivity contribution in [3.05, 3.63) is 68.7 Å². The number of nitro benzene ring substituents is 1. The van der Waals surface area contributed by atoms with Crippen LogP contribution in [0.4, 0.5) is 11.4 Å². The topological polar surface area (TPSA) is 75.5 Å². The Labute approximate surface area is 138 Å². The fourth-order valence-corrected chi connectivity index (χ4v) is 2.32. The third kappa shape index (κ3) is 4.28. The maximum atomic E-state index is 12.4. The molecule has 0 radical (unpaired) electrons. The number of hydrogen-bond donors (Lipinski definition) is 1. The Morgan fingerprint density at radius 1 is 1.26 bits per heavy atom. The predicted octanol–water partition coefficient (Wildman–Crippen LogP) is 3.56. The van der Waals surface area contributed by atoms with E-state index in [9.17, 15) is 14.9 Å². The van der Waals surface area contributed by atoms with Crippen LogP contribution in [-0.2, 0) is 6.54 Å². The van der Waals surface area contributed by atoms with E-state index in [0.29, 0.717) is 12.2 Å². The van der Waals surface area contributed by atoms with Crippen molar-refractivity contribution in [2.75, 3.05) is 19.4 Å². The lowest BCUT2D eigenvalue weighted by Gasteiger charge is -2.15. The molecule has 0 bridgehead atoms. The second-order valence-electron chi connectivity index (χ2n) is 5.27. The van der Waals surface area contributed by atoms with Gasteiger partial charge in [0, 0.05) is 23.3 Å². The molecule has 6 nitrogen and oxygen atoms in total. The summed E-state index contributed by atoms with van der Waals surface area (Å²) in [5.74, 6) is -0.542. The third-order valence-electron chi connectivity index (χ3n) is 3.15. The molecule has 7 heteroatoms. The van der Waals surface area contributed by atoms with Crippen LogP contribution >= 0.6 is 11.6 Å². The molecule has 0 aromatic heterocycles. The van der Waals surface area contributed by atoms with Crippen molar-refractivity contribution in [1.82, 2.24) is 4.90 Å². The number of nitrogens with zero attached hydrogens (tertiary/aromatic N) is 2. The van der Waals surface area contributed by atoms with Gasteiger partial charge in [-0.05, 0) is 37.9 Å². The van der Waals surface area contributed by atoms with Gasteiger partial charge in [-0.1, -0.05) is 29.8 Å². The molecule has 1 amide bonds. The molecule has 0 aliphatic heterocycles. The third-order valence-corrected chi connectivity index (χ3v) is 3.39. The lowest BCUT2D eigenvalue weighted by Crippen LogP contribution is -2.17. The summed E-state index contributed by atoms with van der Waals surface area (Å²) in [5, 5.41) is 14.0. The van der Waals surface area contributed by atoms with E-state index in [0.717, 1.165) is 5.56 Å². The summed E-state index contributed by atoms with van der Waals surface area (Å²) in [6.45, 7) is 0.638. The van der Waals surface area contributed by atoms with E-state index in [4.69, 9.17) is 11.6 Å². The van der Waals surface area contributed by atoms with Crippen LogP contribution < -0.4 is 5.32 Å². The molecular formula is C16H16ClN3O3. The summed E-state index contributed by atoms with van der Waals surface area (Å²) in [6, 6.07) is 11.3. The lowest BCUT2D eigenvalue weighted by atomic mass is 10.1. The Kier molecular flexibility index (Phi) is 5.31. The summed E-state index contributed by atoms with van der Waals surface area (Å²) in [6.07, 6.45) is 0. The van der Waals surface area contributed by atoms with Crippen molar-refractivity contribution in [2.45, 2.75) is 6.54 Å². The highest BCUT2D eigenvalue weighted by atomic mass is 35.5. The maximum absolute atomic E-state index is 12.4. The molecule has 0 unspecified atom stereocenters. The fourth-order valence-electron chi connectivity index (χ4n) is 2.16. The van der Waals surface area contributed by atoms with Crippen LogP contribution in [0.1, 0.15) is 15.9 Å². The minimum Gasteiger partial charge on any atom is -0.321 e. The molecular weight excluding hydrogens is 318 g/mol.